The number of methoxy groups -OCH3 is 1. The summed E-state index contributed by atoms with van der Waals surface area (Å²) in [5.74, 6) is 1.44. The molecule has 1 heterocycles. The molecule has 1 aliphatic rings. The highest BCUT2D eigenvalue weighted by Crippen LogP contribution is 2.22. The zero-order chi connectivity index (χ0) is 15.1. The van der Waals surface area contributed by atoms with E-state index in [0.717, 1.165) is 35.8 Å². The van der Waals surface area contributed by atoms with E-state index in [0.29, 0.717) is 12.5 Å². The second-order valence-corrected chi connectivity index (χ2v) is 5.76. The van der Waals surface area contributed by atoms with E-state index >= 15 is 0 Å². The van der Waals surface area contributed by atoms with E-state index in [9.17, 15) is 0 Å². The maximum absolute atomic E-state index is 6.22. The Labute approximate surface area is 155 Å². The van der Waals surface area contributed by atoms with E-state index in [1.54, 1.807) is 7.11 Å². The molecular weight excluding hydrogens is 413 g/mol. The Morgan fingerprint density at radius 2 is 1.95 bits per heavy atom. The Morgan fingerprint density at radius 3 is 2.55 bits per heavy atom. The van der Waals surface area contributed by atoms with Gasteiger partial charge in [0.1, 0.15) is 5.75 Å². The third-order valence-corrected chi connectivity index (χ3v) is 4.20. The van der Waals surface area contributed by atoms with Crippen LogP contribution in [0.15, 0.2) is 23.2 Å². The quantitative estimate of drug-likeness (QED) is 0.444. The van der Waals surface area contributed by atoms with Gasteiger partial charge in [-0.2, -0.15) is 0 Å². The first-order valence-electron chi connectivity index (χ1n) is 7.58. The van der Waals surface area contributed by atoms with E-state index in [2.05, 4.69) is 9.89 Å². The van der Waals surface area contributed by atoms with Gasteiger partial charge >= 0.3 is 0 Å². The Kier molecular flexibility index (Phi) is 8.93. The van der Waals surface area contributed by atoms with Crippen LogP contribution in [0.5, 0.6) is 5.75 Å². The highest BCUT2D eigenvalue weighted by Gasteiger charge is 2.10. The average molecular weight is 438 g/mol. The first-order chi connectivity index (χ1) is 10.2. The van der Waals surface area contributed by atoms with Crippen LogP contribution in [0.25, 0.3) is 0 Å². The fraction of sp³-hybridized carbons (Fsp3) is 0.562. The fourth-order valence-electron chi connectivity index (χ4n) is 2.55. The summed E-state index contributed by atoms with van der Waals surface area (Å²) in [5.41, 5.74) is 7.16. The molecule has 2 rings (SSSR count). The van der Waals surface area contributed by atoms with E-state index in [-0.39, 0.29) is 24.0 Å². The summed E-state index contributed by atoms with van der Waals surface area (Å²) in [5, 5.41) is 0.720. The van der Waals surface area contributed by atoms with E-state index in [4.69, 9.17) is 22.1 Å². The highest BCUT2D eigenvalue weighted by atomic mass is 127. The van der Waals surface area contributed by atoms with Crippen molar-refractivity contribution < 1.29 is 4.74 Å². The van der Waals surface area contributed by atoms with Crippen molar-refractivity contribution in [2.75, 3.05) is 26.7 Å². The lowest BCUT2D eigenvalue weighted by atomic mass is 10.1. The Balaban J connectivity index is 0.00000242. The number of benzene rings is 1. The largest absolute Gasteiger partial charge is 0.497 e. The van der Waals surface area contributed by atoms with Gasteiger partial charge in [-0.3, -0.25) is 4.99 Å². The fourth-order valence-corrected chi connectivity index (χ4v) is 2.81. The molecular formula is C16H25ClIN3O. The van der Waals surface area contributed by atoms with Gasteiger partial charge < -0.3 is 15.4 Å². The molecule has 1 aromatic rings. The van der Waals surface area contributed by atoms with Crippen LogP contribution in [-0.2, 0) is 6.42 Å². The smallest absolute Gasteiger partial charge is 0.191 e. The monoisotopic (exact) mass is 437 g/mol. The molecule has 1 fully saturated rings. The summed E-state index contributed by atoms with van der Waals surface area (Å²) in [4.78, 5) is 6.70. The topological polar surface area (TPSA) is 50.9 Å². The molecule has 2 N–H and O–H groups in total. The van der Waals surface area contributed by atoms with Crippen LogP contribution in [0.4, 0.5) is 0 Å². The number of halogens is 2. The number of aliphatic imine (C=N–C) groups is 1. The standard InChI is InChI=1S/C16H24ClN3O.HI/c1-21-14-7-6-13(15(17)12-14)8-9-19-16(18)20-10-4-2-3-5-11-20;/h6-7,12H,2-5,8-11H2,1H3,(H2,18,19);1H. The van der Waals surface area contributed by atoms with Crippen LogP contribution >= 0.6 is 35.6 Å². The number of hydrogen-bond donors (Lipinski definition) is 1. The minimum atomic E-state index is 0. The number of nitrogens with zero attached hydrogens (tertiary/aromatic N) is 2. The van der Waals surface area contributed by atoms with Crippen molar-refractivity contribution in [3.8, 4) is 5.75 Å². The molecule has 1 aromatic carbocycles. The predicted octanol–water partition coefficient (Wildman–Crippen LogP) is 3.70. The molecule has 4 nitrogen and oxygen atoms in total. The molecule has 0 atom stereocenters. The van der Waals surface area contributed by atoms with Crippen LogP contribution in [0.2, 0.25) is 5.02 Å². The van der Waals surface area contributed by atoms with Gasteiger partial charge in [0.25, 0.3) is 0 Å². The molecule has 0 saturated carbocycles. The molecule has 0 aromatic heterocycles. The molecule has 6 heteroatoms. The van der Waals surface area contributed by atoms with E-state index in [1.165, 1.54) is 25.7 Å². The van der Waals surface area contributed by atoms with Crippen LogP contribution < -0.4 is 10.5 Å². The van der Waals surface area contributed by atoms with Crippen molar-refractivity contribution in [2.24, 2.45) is 10.7 Å². The van der Waals surface area contributed by atoms with Crippen molar-refractivity contribution in [1.82, 2.24) is 4.90 Å². The van der Waals surface area contributed by atoms with Gasteiger partial charge in [0.15, 0.2) is 5.96 Å². The molecule has 0 spiro atoms. The first kappa shape index (κ1) is 19.4. The molecule has 0 radical (unpaired) electrons. The normalized spacial score (nSPS) is 15.9. The molecule has 0 bridgehead atoms. The number of hydrogen-bond acceptors (Lipinski definition) is 2. The van der Waals surface area contributed by atoms with Crippen LogP contribution in [0.1, 0.15) is 31.2 Å². The van der Waals surface area contributed by atoms with Gasteiger partial charge in [-0.05, 0) is 37.0 Å². The van der Waals surface area contributed by atoms with Crippen molar-refractivity contribution in [3.63, 3.8) is 0 Å². The predicted molar refractivity (Wildman–Crippen MR) is 104 cm³/mol. The number of nitrogens with two attached hydrogens (primary N) is 1. The van der Waals surface area contributed by atoms with Crippen molar-refractivity contribution in [3.05, 3.63) is 28.8 Å². The van der Waals surface area contributed by atoms with Gasteiger partial charge in [0.05, 0.1) is 7.11 Å². The average Bonchev–Trinajstić information content (AvgIpc) is 2.77. The lowest BCUT2D eigenvalue weighted by Crippen LogP contribution is -2.38. The highest BCUT2D eigenvalue weighted by molar-refractivity contribution is 14.0. The van der Waals surface area contributed by atoms with Crippen molar-refractivity contribution >= 4 is 41.5 Å². The van der Waals surface area contributed by atoms with Crippen molar-refractivity contribution in [1.29, 1.82) is 0 Å². The van der Waals surface area contributed by atoms with Gasteiger partial charge in [0, 0.05) is 24.7 Å². The molecule has 22 heavy (non-hydrogen) atoms. The van der Waals surface area contributed by atoms with E-state index in [1.807, 2.05) is 18.2 Å². The van der Waals surface area contributed by atoms with Gasteiger partial charge in [-0.25, -0.2) is 0 Å². The molecule has 0 unspecified atom stereocenters. The maximum Gasteiger partial charge on any atom is 0.191 e. The second-order valence-electron chi connectivity index (χ2n) is 5.35. The first-order valence-corrected chi connectivity index (χ1v) is 7.96. The number of guanidine groups is 1. The Bertz CT molecular complexity index is 488. The summed E-state index contributed by atoms with van der Waals surface area (Å²) in [6.45, 7) is 2.71. The summed E-state index contributed by atoms with van der Waals surface area (Å²) in [6, 6.07) is 5.74. The summed E-state index contributed by atoms with van der Waals surface area (Å²) in [7, 11) is 1.64. The number of ether oxygens (including phenoxy) is 1. The molecule has 1 saturated heterocycles. The summed E-state index contributed by atoms with van der Waals surface area (Å²) < 4.78 is 5.15. The third kappa shape index (κ3) is 5.83. The third-order valence-electron chi connectivity index (χ3n) is 3.85. The Hall–Kier alpha value is -0.690. The number of likely N-dealkylation sites (tertiary alicyclic amines) is 1. The molecule has 0 aliphatic carbocycles. The summed E-state index contributed by atoms with van der Waals surface area (Å²) >= 11 is 6.22. The lowest BCUT2D eigenvalue weighted by Gasteiger charge is -2.21. The van der Waals surface area contributed by atoms with Gasteiger partial charge in [-0.15, -0.1) is 24.0 Å². The minimum Gasteiger partial charge on any atom is -0.497 e. The second kappa shape index (κ2) is 10.2. The maximum atomic E-state index is 6.22. The van der Waals surface area contributed by atoms with Crippen LogP contribution in [0.3, 0.4) is 0 Å². The Morgan fingerprint density at radius 1 is 1.27 bits per heavy atom. The molecule has 124 valence electrons. The minimum absolute atomic E-state index is 0. The number of rotatable bonds is 4. The SMILES string of the molecule is COc1ccc(CCN=C(N)N2CCCCCC2)c(Cl)c1.I. The van der Waals surface area contributed by atoms with Gasteiger partial charge in [0.2, 0.25) is 0 Å². The van der Waals surface area contributed by atoms with Crippen LogP contribution in [-0.4, -0.2) is 37.6 Å². The zero-order valence-electron chi connectivity index (χ0n) is 13.1. The van der Waals surface area contributed by atoms with Crippen molar-refractivity contribution in [2.45, 2.75) is 32.1 Å². The van der Waals surface area contributed by atoms with Gasteiger partial charge in [-0.1, -0.05) is 30.5 Å². The van der Waals surface area contributed by atoms with Crippen LogP contribution in [0, 0.1) is 0 Å². The molecule has 1 aliphatic heterocycles. The zero-order valence-corrected chi connectivity index (χ0v) is 16.1. The molecule has 0 amide bonds. The van der Waals surface area contributed by atoms with E-state index < -0.39 is 0 Å². The summed E-state index contributed by atoms with van der Waals surface area (Å²) in [6.07, 6.45) is 5.80. The lowest BCUT2D eigenvalue weighted by molar-refractivity contribution is 0.414.